The Kier molecular flexibility index (Phi) is 3.89. The third kappa shape index (κ3) is 2.96. The number of sulfonamides is 1. The molecule has 0 bridgehead atoms. The highest BCUT2D eigenvalue weighted by Crippen LogP contribution is 2.29. The van der Waals surface area contributed by atoms with Gasteiger partial charge in [-0.1, -0.05) is 42.5 Å². The van der Waals surface area contributed by atoms with Gasteiger partial charge in [0.15, 0.2) is 0 Å². The smallest absolute Gasteiger partial charge is 0.267 e. The summed E-state index contributed by atoms with van der Waals surface area (Å²) in [6.07, 6.45) is 1.35. The fraction of sp³-hybridized carbons (Fsp3) is 0.105. The molecule has 0 atom stereocenters. The quantitative estimate of drug-likeness (QED) is 0.721. The minimum Gasteiger partial charge on any atom is -0.492 e. The van der Waals surface area contributed by atoms with Crippen LogP contribution in [0.25, 0.3) is 10.8 Å². The lowest BCUT2D eigenvalue weighted by molar-refractivity contribution is 0.302. The summed E-state index contributed by atoms with van der Waals surface area (Å²) in [7, 11) is -3.57. The second kappa shape index (κ2) is 6.22. The lowest BCUT2D eigenvalue weighted by Gasteiger charge is -2.23. The highest BCUT2D eigenvalue weighted by molar-refractivity contribution is 7.89. The van der Waals surface area contributed by atoms with E-state index in [-0.39, 0.29) is 18.0 Å². The molecule has 0 N–H and O–H groups in total. The van der Waals surface area contributed by atoms with Crippen LogP contribution in [0.5, 0.6) is 5.75 Å². The maximum atomic E-state index is 12.6. The van der Waals surface area contributed by atoms with Gasteiger partial charge in [-0.25, -0.2) is 13.4 Å². The van der Waals surface area contributed by atoms with Gasteiger partial charge in [-0.2, -0.15) is 0 Å². The largest absolute Gasteiger partial charge is 0.492 e. The van der Waals surface area contributed by atoms with Crippen LogP contribution < -0.4 is 4.74 Å². The zero-order valence-electron chi connectivity index (χ0n) is 13.4. The first-order chi connectivity index (χ1) is 12.1. The molecule has 0 fully saturated rings. The van der Waals surface area contributed by atoms with Gasteiger partial charge in [0.25, 0.3) is 10.0 Å². The van der Waals surface area contributed by atoms with Crippen molar-refractivity contribution in [3.8, 4) is 5.75 Å². The molecule has 1 heterocycles. The van der Waals surface area contributed by atoms with E-state index in [1.165, 1.54) is 10.6 Å². The Morgan fingerprint density at radius 2 is 1.68 bits per heavy atom. The van der Waals surface area contributed by atoms with E-state index in [0.717, 1.165) is 10.8 Å². The van der Waals surface area contributed by atoms with Crippen molar-refractivity contribution in [3.05, 3.63) is 66.7 Å². The number of aliphatic imine (C=N–C) groups is 1. The number of rotatable bonds is 4. The predicted octanol–water partition coefficient (Wildman–Crippen LogP) is 3.58. The van der Waals surface area contributed by atoms with Crippen molar-refractivity contribution in [1.29, 1.82) is 0 Å². The zero-order valence-corrected chi connectivity index (χ0v) is 14.2. The summed E-state index contributed by atoms with van der Waals surface area (Å²) in [5, 5.41) is 2.22. The summed E-state index contributed by atoms with van der Waals surface area (Å²) < 4.78 is 32.2. The van der Waals surface area contributed by atoms with Gasteiger partial charge in [-0.15, -0.1) is 0 Å². The number of para-hydroxylation sites is 1. The van der Waals surface area contributed by atoms with Crippen molar-refractivity contribution in [2.24, 2.45) is 4.99 Å². The summed E-state index contributed by atoms with van der Waals surface area (Å²) in [5.41, 5.74) is 0.467. The maximum Gasteiger partial charge on any atom is 0.267 e. The van der Waals surface area contributed by atoms with E-state index in [4.69, 9.17) is 4.74 Å². The van der Waals surface area contributed by atoms with Crippen molar-refractivity contribution < 1.29 is 13.2 Å². The fourth-order valence-corrected chi connectivity index (χ4v) is 4.16. The van der Waals surface area contributed by atoms with Crippen molar-refractivity contribution >= 4 is 32.8 Å². The number of benzene rings is 3. The number of hydrogen-bond acceptors (Lipinski definition) is 4. The molecule has 0 amide bonds. The van der Waals surface area contributed by atoms with Crippen molar-refractivity contribution in [1.82, 2.24) is 4.31 Å². The van der Waals surface area contributed by atoms with E-state index in [9.17, 15) is 8.42 Å². The summed E-state index contributed by atoms with van der Waals surface area (Å²) in [6, 6.07) is 20.5. The van der Waals surface area contributed by atoms with Gasteiger partial charge < -0.3 is 4.74 Å². The normalized spacial score (nSPS) is 15.1. The zero-order chi connectivity index (χ0) is 17.3. The molecular weight excluding hydrogens is 336 g/mol. The Bertz CT molecular complexity index is 1060. The third-order valence-electron chi connectivity index (χ3n) is 4.08. The molecule has 4 rings (SSSR count). The van der Waals surface area contributed by atoms with Crippen LogP contribution in [-0.4, -0.2) is 32.2 Å². The summed E-state index contributed by atoms with van der Waals surface area (Å²) >= 11 is 0. The summed E-state index contributed by atoms with van der Waals surface area (Å²) in [4.78, 5) is 4.43. The molecule has 25 heavy (non-hydrogen) atoms. The minimum atomic E-state index is -3.57. The number of hydrogen-bond donors (Lipinski definition) is 0. The van der Waals surface area contributed by atoms with Crippen LogP contribution in [0.3, 0.4) is 0 Å². The van der Waals surface area contributed by atoms with Crippen molar-refractivity contribution in [2.75, 3.05) is 13.2 Å². The minimum absolute atomic E-state index is 0.201. The predicted molar refractivity (Wildman–Crippen MR) is 97.9 cm³/mol. The van der Waals surface area contributed by atoms with E-state index in [1.54, 1.807) is 24.3 Å². The molecule has 1 aliphatic heterocycles. The number of fused-ring (bicyclic) bond motifs is 2. The molecule has 5 nitrogen and oxygen atoms in total. The molecule has 0 aliphatic carbocycles. The molecule has 1 aliphatic rings. The topological polar surface area (TPSA) is 59.0 Å². The van der Waals surface area contributed by atoms with E-state index < -0.39 is 10.0 Å². The van der Waals surface area contributed by atoms with E-state index in [2.05, 4.69) is 4.99 Å². The average Bonchev–Trinajstić information content (AvgIpc) is 2.64. The van der Waals surface area contributed by atoms with Crippen molar-refractivity contribution in [2.45, 2.75) is 4.90 Å². The van der Waals surface area contributed by atoms with Gasteiger partial charge in [0.05, 0.1) is 12.2 Å². The van der Waals surface area contributed by atoms with Crippen LogP contribution in [0, 0.1) is 0 Å². The van der Waals surface area contributed by atoms with Crippen LogP contribution in [0.4, 0.5) is 5.69 Å². The Labute approximate surface area is 146 Å². The van der Waals surface area contributed by atoms with Gasteiger partial charge in [0.1, 0.15) is 23.6 Å². The van der Waals surface area contributed by atoms with E-state index >= 15 is 0 Å². The van der Waals surface area contributed by atoms with E-state index in [1.807, 2.05) is 42.5 Å². The van der Waals surface area contributed by atoms with Crippen LogP contribution in [0.1, 0.15) is 0 Å². The summed E-state index contributed by atoms with van der Waals surface area (Å²) in [5.74, 6) is 0.713. The average molecular weight is 352 g/mol. The monoisotopic (exact) mass is 352 g/mol. The first-order valence-corrected chi connectivity index (χ1v) is 9.35. The molecule has 0 spiro atoms. The molecule has 3 aromatic carbocycles. The Morgan fingerprint density at radius 3 is 2.56 bits per heavy atom. The first kappa shape index (κ1) is 15.7. The number of ether oxygens (including phenoxy) is 1. The highest BCUT2D eigenvalue weighted by Gasteiger charge is 2.27. The lowest BCUT2D eigenvalue weighted by atomic mass is 10.1. The fourth-order valence-electron chi connectivity index (χ4n) is 2.79. The molecule has 3 aromatic rings. The maximum absolute atomic E-state index is 12.6. The van der Waals surface area contributed by atoms with Crippen molar-refractivity contribution in [3.63, 3.8) is 0 Å². The standard InChI is InChI=1S/C19H16N2O3S/c22-25(23)19-8-4-3-7-18(19)20-14-21(25)11-12-24-17-10-9-15-5-1-2-6-16(15)13-17/h1-10,13-14H,11-12H2. The van der Waals surface area contributed by atoms with Gasteiger partial charge in [0.2, 0.25) is 0 Å². The van der Waals surface area contributed by atoms with Crippen LogP contribution >= 0.6 is 0 Å². The first-order valence-electron chi connectivity index (χ1n) is 7.91. The second-order valence-corrected chi connectivity index (χ2v) is 7.54. The van der Waals surface area contributed by atoms with E-state index in [0.29, 0.717) is 11.4 Å². The van der Waals surface area contributed by atoms with Gasteiger partial charge in [0, 0.05) is 0 Å². The highest BCUT2D eigenvalue weighted by atomic mass is 32.2. The van der Waals surface area contributed by atoms with Crippen LogP contribution in [-0.2, 0) is 10.0 Å². The lowest BCUT2D eigenvalue weighted by Crippen LogP contribution is -2.35. The summed E-state index contributed by atoms with van der Waals surface area (Å²) in [6.45, 7) is 0.443. The second-order valence-electron chi connectivity index (χ2n) is 5.69. The molecule has 0 aromatic heterocycles. The Hall–Kier alpha value is -2.86. The van der Waals surface area contributed by atoms with Gasteiger partial charge in [-0.05, 0) is 35.0 Å². The molecule has 0 unspecified atom stereocenters. The Balaban J connectivity index is 1.46. The third-order valence-corrected chi connectivity index (χ3v) is 5.87. The SMILES string of the molecule is O=S1(=O)c2ccccc2N=CN1CCOc1ccc2ccccc2c1. The van der Waals surface area contributed by atoms with Gasteiger partial charge in [-0.3, -0.25) is 4.31 Å². The molecule has 126 valence electrons. The Morgan fingerprint density at radius 1 is 0.920 bits per heavy atom. The number of nitrogens with zero attached hydrogens (tertiary/aromatic N) is 2. The molecule has 0 radical (unpaired) electrons. The molecule has 0 saturated heterocycles. The van der Waals surface area contributed by atoms with Crippen LogP contribution in [0.2, 0.25) is 0 Å². The molecule has 6 heteroatoms. The van der Waals surface area contributed by atoms with Crippen LogP contribution in [0.15, 0.2) is 76.6 Å². The van der Waals surface area contributed by atoms with Gasteiger partial charge >= 0.3 is 0 Å². The molecular formula is C19H16N2O3S. The molecule has 0 saturated carbocycles.